The van der Waals surface area contributed by atoms with Gasteiger partial charge in [-0.3, -0.25) is 9.69 Å². The molecule has 2 rings (SSSR count). The predicted octanol–water partition coefficient (Wildman–Crippen LogP) is 0.975. The van der Waals surface area contributed by atoms with Crippen LogP contribution in [0.2, 0.25) is 0 Å². The summed E-state index contributed by atoms with van der Waals surface area (Å²) in [6.45, 7) is 8.28. The maximum absolute atomic E-state index is 12.2. The van der Waals surface area contributed by atoms with Crippen molar-refractivity contribution in [2.75, 3.05) is 26.2 Å². The fourth-order valence-electron chi connectivity index (χ4n) is 3.12. The quantitative estimate of drug-likeness (QED) is 0.788. The Morgan fingerprint density at radius 2 is 2.06 bits per heavy atom. The van der Waals surface area contributed by atoms with Crippen LogP contribution in [-0.2, 0) is 4.79 Å². The van der Waals surface area contributed by atoms with Crippen molar-refractivity contribution >= 4 is 5.91 Å². The second kappa shape index (κ2) is 6.53. The molecule has 1 aliphatic carbocycles. The van der Waals surface area contributed by atoms with Crippen molar-refractivity contribution in [3.63, 3.8) is 0 Å². The molecule has 104 valence electrons. The molecule has 0 aromatic heterocycles. The Labute approximate surface area is 110 Å². The number of nitrogens with zero attached hydrogens (tertiary/aromatic N) is 1. The molecule has 4 heteroatoms. The molecule has 2 N–H and O–H groups in total. The summed E-state index contributed by atoms with van der Waals surface area (Å²) in [6.07, 6.45) is 4.89. The fraction of sp³-hybridized carbons (Fsp3) is 0.929. The van der Waals surface area contributed by atoms with E-state index in [0.717, 1.165) is 44.9 Å². The molecule has 1 amide bonds. The molecule has 0 radical (unpaired) electrons. The molecule has 0 spiro atoms. The van der Waals surface area contributed by atoms with Crippen LogP contribution in [0.15, 0.2) is 0 Å². The Bertz CT molecular complexity index is 276. The van der Waals surface area contributed by atoms with E-state index in [1.165, 1.54) is 12.8 Å². The van der Waals surface area contributed by atoms with Crippen LogP contribution in [0.5, 0.6) is 0 Å². The first-order chi connectivity index (χ1) is 8.66. The fourth-order valence-corrected chi connectivity index (χ4v) is 3.12. The van der Waals surface area contributed by atoms with Gasteiger partial charge < -0.3 is 10.6 Å². The number of carbonyl (C=O) groups excluding carboxylic acids is 1. The SMILES string of the molecule is CC1CCCC(NC(=O)C(C)N2CCNCC2)C1. The van der Waals surface area contributed by atoms with Crippen LogP contribution in [0.4, 0.5) is 0 Å². The summed E-state index contributed by atoms with van der Waals surface area (Å²) in [5.74, 6) is 0.981. The minimum Gasteiger partial charge on any atom is -0.352 e. The molecule has 1 saturated heterocycles. The summed E-state index contributed by atoms with van der Waals surface area (Å²) in [5, 5.41) is 6.57. The van der Waals surface area contributed by atoms with Crippen molar-refractivity contribution in [1.82, 2.24) is 15.5 Å². The number of hydrogen-bond donors (Lipinski definition) is 2. The number of rotatable bonds is 3. The molecule has 0 bridgehead atoms. The monoisotopic (exact) mass is 253 g/mol. The van der Waals surface area contributed by atoms with Crippen LogP contribution >= 0.6 is 0 Å². The lowest BCUT2D eigenvalue weighted by Gasteiger charge is -2.34. The van der Waals surface area contributed by atoms with Crippen LogP contribution in [0.1, 0.15) is 39.5 Å². The van der Waals surface area contributed by atoms with Crippen LogP contribution in [0.3, 0.4) is 0 Å². The lowest BCUT2D eigenvalue weighted by molar-refractivity contribution is -0.127. The van der Waals surface area contributed by atoms with Gasteiger partial charge in [-0.2, -0.15) is 0 Å². The minimum atomic E-state index is 0.0179. The Morgan fingerprint density at radius 3 is 2.72 bits per heavy atom. The highest BCUT2D eigenvalue weighted by Gasteiger charge is 2.26. The van der Waals surface area contributed by atoms with E-state index in [9.17, 15) is 4.79 Å². The summed E-state index contributed by atoms with van der Waals surface area (Å²) < 4.78 is 0. The van der Waals surface area contributed by atoms with Crippen molar-refractivity contribution in [3.05, 3.63) is 0 Å². The molecular weight excluding hydrogens is 226 g/mol. The molecule has 1 aliphatic heterocycles. The van der Waals surface area contributed by atoms with Gasteiger partial charge in [0, 0.05) is 32.2 Å². The van der Waals surface area contributed by atoms with Gasteiger partial charge in [-0.25, -0.2) is 0 Å². The van der Waals surface area contributed by atoms with Gasteiger partial charge in [0.15, 0.2) is 0 Å². The molecule has 1 heterocycles. The number of nitrogens with one attached hydrogen (secondary N) is 2. The molecule has 3 unspecified atom stereocenters. The first kappa shape index (κ1) is 13.8. The van der Waals surface area contributed by atoms with Crippen LogP contribution in [-0.4, -0.2) is 49.1 Å². The predicted molar refractivity (Wildman–Crippen MR) is 73.5 cm³/mol. The van der Waals surface area contributed by atoms with Gasteiger partial charge in [-0.05, 0) is 25.7 Å². The molecule has 2 fully saturated rings. The van der Waals surface area contributed by atoms with E-state index in [2.05, 4.69) is 22.5 Å². The van der Waals surface area contributed by atoms with Gasteiger partial charge in [0.25, 0.3) is 0 Å². The zero-order chi connectivity index (χ0) is 13.0. The average Bonchev–Trinajstić information content (AvgIpc) is 2.39. The minimum absolute atomic E-state index is 0.0179. The van der Waals surface area contributed by atoms with Crippen LogP contribution in [0, 0.1) is 5.92 Å². The third kappa shape index (κ3) is 3.69. The van der Waals surface area contributed by atoms with Gasteiger partial charge in [-0.1, -0.05) is 19.8 Å². The van der Waals surface area contributed by atoms with E-state index in [1.807, 2.05) is 6.92 Å². The van der Waals surface area contributed by atoms with Gasteiger partial charge >= 0.3 is 0 Å². The second-order valence-corrected chi connectivity index (χ2v) is 5.94. The van der Waals surface area contributed by atoms with Crippen LogP contribution in [0.25, 0.3) is 0 Å². The molecule has 4 nitrogen and oxygen atoms in total. The number of carbonyl (C=O) groups is 1. The van der Waals surface area contributed by atoms with Gasteiger partial charge in [0.1, 0.15) is 0 Å². The molecular formula is C14H27N3O. The highest BCUT2D eigenvalue weighted by atomic mass is 16.2. The molecule has 3 atom stereocenters. The zero-order valence-electron chi connectivity index (χ0n) is 11.7. The maximum atomic E-state index is 12.2. The smallest absolute Gasteiger partial charge is 0.237 e. The Kier molecular flexibility index (Phi) is 5.01. The summed E-state index contributed by atoms with van der Waals surface area (Å²) in [5.41, 5.74) is 0. The summed E-state index contributed by atoms with van der Waals surface area (Å²) in [6, 6.07) is 0.427. The highest BCUT2D eigenvalue weighted by molar-refractivity contribution is 5.81. The van der Waals surface area contributed by atoms with E-state index in [-0.39, 0.29) is 11.9 Å². The number of piperazine rings is 1. The molecule has 18 heavy (non-hydrogen) atoms. The third-order valence-electron chi connectivity index (χ3n) is 4.36. The lowest BCUT2D eigenvalue weighted by atomic mass is 9.87. The Morgan fingerprint density at radius 1 is 1.33 bits per heavy atom. The third-order valence-corrected chi connectivity index (χ3v) is 4.36. The average molecular weight is 253 g/mol. The molecule has 1 saturated carbocycles. The summed E-state index contributed by atoms with van der Waals surface area (Å²) >= 11 is 0. The highest BCUT2D eigenvalue weighted by Crippen LogP contribution is 2.23. The maximum Gasteiger partial charge on any atom is 0.237 e. The largest absolute Gasteiger partial charge is 0.352 e. The lowest BCUT2D eigenvalue weighted by Crippen LogP contribution is -2.54. The van der Waals surface area contributed by atoms with E-state index in [1.54, 1.807) is 0 Å². The van der Waals surface area contributed by atoms with E-state index >= 15 is 0 Å². The van der Waals surface area contributed by atoms with Crippen molar-refractivity contribution in [2.24, 2.45) is 5.92 Å². The van der Waals surface area contributed by atoms with Gasteiger partial charge in [0.05, 0.1) is 6.04 Å². The number of amides is 1. The van der Waals surface area contributed by atoms with Crippen LogP contribution < -0.4 is 10.6 Å². The zero-order valence-corrected chi connectivity index (χ0v) is 11.7. The second-order valence-electron chi connectivity index (χ2n) is 5.94. The van der Waals surface area contributed by atoms with Gasteiger partial charge in [0.2, 0.25) is 5.91 Å². The van der Waals surface area contributed by atoms with E-state index in [4.69, 9.17) is 0 Å². The molecule has 0 aromatic rings. The summed E-state index contributed by atoms with van der Waals surface area (Å²) in [7, 11) is 0. The standard InChI is InChI=1S/C14H27N3O/c1-11-4-3-5-13(10-11)16-14(18)12(2)17-8-6-15-7-9-17/h11-13,15H,3-10H2,1-2H3,(H,16,18). The number of hydrogen-bond acceptors (Lipinski definition) is 3. The van der Waals surface area contributed by atoms with Crippen molar-refractivity contribution in [3.8, 4) is 0 Å². The molecule has 2 aliphatic rings. The first-order valence-corrected chi connectivity index (χ1v) is 7.42. The normalized spacial score (nSPS) is 31.9. The van der Waals surface area contributed by atoms with E-state index in [0.29, 0.717) is 6.04 Å². The topological polar surface area (TPSA) is 44.4 Å². The van der Waals surface area contributed by atoms with Gasteiger partial charge in [-0.15, -0.1) is 0 Å². The molecule has 0 aromatic carbocycles. The first-order valence-electron chi connectivity index (χ1n) is 7.42. The summed E-state index contributed by atoms with van der Waals surface area (Å²) in [4.78, 5) is 14.5. The Balaban J connectivity index is 1.79. The van der Waals surface area contributed by atoms with Crippen molar-refractivity contribution in [2.45, 2.75) is 51.6 Å². The van der Waals surface area contributed by atoms with Crippen molar-refractivity contribution < 1.29 is 4.79 Å². The van der Waals surface area contributed by atoms with E-state index < -0.39 is 0 Å². The van der Waals surface area contributed by atoms with Crippen molar-refractivity contribution in [1.29, 1.82) is 0 Å². The Hall–Kier alpha value is -0.610.